The number of rotatable bonds is 6. The van der Waals surface area contributed by atoms with Crippen molar-refractivity contribution in [2.75, 3.05) is 18.4 Å². The smallest absolute Gasteiger partial charge is 0.270 e. The van der Waals surface area contributed by atoms with Crippen LogP contribution in [-0.4, -0.2) is 28.0 Å². The maximum atomic E-state index is 10.8. The molecule has 0 fully saturated rings. The van der Waals surface area contributed by atoms with Crippen LogP contribution in [0.4, 0.5) is 11.6 Å². The van der Waals surface area contributed by atoms with Crippen LogP contribution in [0, 0.1) is 17.0 Å². The first kappa shape index (κ1) is 14.9. The van der Waals surface area contributed by atoms with E-state index in [9.17, 15) is 10.1 Å². The summed E-state index contributed by atoms with van der Waals surface area (Å²) in [5.41, 5.74) is 7.63. The molecule has 0 spiro atoms. The van der Waals surface area contributed by atoms with Gasteiger partial charge in [-0.3, -0.25) is 10.1 Å². The fourth-order valence-corrected chi connectivity index (χ4v) is 1.88. The average molecular weight is 287 g/mol. The molecule has 0 amide bonds. The lowest BCUT2D eigenvalue weighted by Gasteiger charge is -2.08. The van der Waals surface area contributed by atoms with Gasteiger partial charge in [0.15, 0.2) is 0 Å². The van der Waals surface area contributed by atoms with Crippen LogP contribution in [0.3, 0.4) is 0 Å². The van der Waals surface area contributed by atoms with Crippen molar-refractivity contribution in [3.05, 3.63) is 46.1 Å². The molecule has 2 aromatic rings. The predicted molar refractivity (Wildman–Crippen MR) is 81.0 cm³/mol. The monoisotopic (exact) mass is 287 g/mol. The van der Waals surface area contributed by atoms with Gasteiger partial charge in [-0.15, -0.1) is 0 Å². The quantitative estimate of drug-likeness (QED) is 0.478. The molecule has 7 nitrogen and oxygen atoms in total. The summed E-state index contributed by atoms with van der Waals surface area (Å²) in [6.07, 6.45) is 0.823. The summed E-state index contributed by atoms with van der Waals surface area (Å²) in [6.45, 7) is 3.14. The predicted octanol–water partition coefficient (Wildman–Crippen LogP) is 2.12. The molecule has 0 saturated carbocycles. The molecule has 0 atom stereocenters. The van der Waals surface area contributed by atoms with Gasteiger partial charge in [-0.2, -0.15) is 0 Å². The van der Waals surface area contributed by atoms with Crippen LogP contribution < -0.4 is 11.1 Å². The highest BCUT2D eigenvalue weighted by molar-refractivity contribution is 5.63. The number of hydrogen-bond donors (Lipinski definition) is 2. The number of hydrogen-bond acceptors (Lipinski definition) is 6. The molecule has 110 valence electrons. The lowest BCUT2D eigenvalue weighted by Crippen LogP contribution is -2.11. The third-order valence-corrected chi connectivity index (χ3v) is 2.87. The van der Waals surface area contributed by atoms with Crippen LogP contribution in [0.2, 0.25) is 0 Å². The Morgan fingerprint density at radius 3 is 2.86 bits per heavy atom. The second-order valence-electron chi connectivity index (χ2n) is 4.59. The second kappa shape index (κ2) is 6.76. The van der Waals surface area contributed by atoms with Crippen molar-refractivity contribution in [1.82, 2.24) is 9.97 Å². The minimum Gasteiger partial charge on any atom is -0.354 e. The van der Waals surface area contributed by atoms with E-state index in [1.54, 1.807) is 18.2 Å². The lowest BCUT2D eigenvalue weighted by atomic mass is 10.1. The summed E-state index contributed by atoms with van der Waals surface area (Å²) in [4.78, 5) is 19.1. The normalized spacial score (nSPS) is 10.4. The Morgan fingerprint density at radius 1 is 1.33 bits per heavy atom. The molecule has 0 aliphatic heterocycles. The first-order chi connectivity index (χ1) is 10.1. The van der Waals surface area contributed by atoms with Gasteiger partial charge >= 0.3 is 0 Å². The molecule has 0 bridgehead atoms. The van der Waals surface area contributed by atoms with Crippen LogP contribution in [0.5, 0.6) is 0 Å². The second-order valence-corrected chi connectivity index (χ2v) is 4.59. The zero-order valence-corrected chi connectivity index (χ0v) is 11.7. The molecule has 21 heavy (non-hydrogen) atoms. The third-order valence-electron chi connectivity index (χ3n) is 2.87. The highest BCUT2D eigenvalue weighted by Gasteiger charge is 2.09. The number of nitrogens with one attached hydrogen (secondary N) is 1. The van der Waals surface area contributed by atoms with Crippen molar-refractivity contribution in [2.45, 2.75) is 13.3 Å². The summed E-state index contributed by atoms with van der Waals surface area (Å²) in [7, 11) is 0. The number of nitrogens with two attached hydrogens (primary N) is 1. The fourth-order valence-electron chi connectivity index (χ4n) is 1.88. The Hall–Kier alpha value is -2.54. The van der Waals surface area contributed by atoms with E-state index in [4.69, 9.17) is 5.73 Å². The van der Waals surface area contributed by atoms with Gasteiger partial charge in [0.25, 0.3) is 5.69 Å². The van der Waals surface area contributed by atoms with E-state index in [0.29, 0.717) is 30.3 Å². The Labute approximate surface area is 122 Å². The van der Waals surface area contributed by atoms with Crippen molar-refractivity contribution < 1.29 is 4.92 Å². The molecule has 0 radical (unpaired) electrons. The van der Waals surface area contributed by atoms with Crippen LogP contribution >= 0.6 is 0 Å². The average Bonchev–Trinajstić information content (AvgIpc) is 2.47. The van der Waals surface area contributed by atoms with Crippen LogP contribution in [-0.2, 0) is 0 Å². The van der Waals surface area contributed by atoms with E-state index in [0.717, 1.165) is 12.1 Å². The van der Waals surface area contributed by atoms with Gasteiger partial charge in [-0.05, 0) is 26.0 Å². The van der Waals surface area contributed by atoms with Crippen LogP contribution in [0.1, 0.15) is 12.1 Å². The summed E-state index contributed by atoms with van der Waals surface area (Å²) >= 11 is 0. The van der Waals surface area contributed by atoms with E-state index in [2.05, 4.69) is 15.3 Å². The van der Waals surface area contributed by atoms with Gasteiger partial charge in [0.05, 0.1) is 10.6 Å². The Balaban J connectivity index is 2.30. The highest BCUT2D eigenvalue weighted by Crippen LogP contribution is 2.23. The number of non-ortho nitro benzene ring substituents is 1. The van der Waals surface area contributed by atoms with Gasteiger partial charge in [0, 0.05) is 29.9 Å². The van der Waals surface area contributed by atoms with Gasteiger partial charge in [-0.25, -0.2) is 9.97 Å². The summed E-state index contributed by atoms with van der Waals surface area (Å²) in [6, 6.07) is 8.20. The summed E-state index contributed by atoms with van der Waals surface area (Å²) in [5, 5.41) is 13.9. The Morgan fingerprint density at radius 2 is 2.14 bits per heavy atom. The van der Waals surface area contributed by atoms with Crippen LogP contribution in [0.25, 0.3) is 11.3 Å². The van der Waals surface area contributed by atoms with E-state index in [1.807, 2.05) is 6.92 Å². The number of nitrogens with zero attached hydrogens (tertiary/aromatic N) is 3. The maximum Gasteiger partial charge on any atom is 0.270 e. The Bertz CT molecular complexity index is 645. The molecular formula is C14H17N5O2. The van der Waals surface area contributed by atoms with E-state index in [-0.39, 0.29) is 5.69 Å². The minimum atomic E-state index is -0.419. The van der Waals surface area contributed by atoms with Crippen molar-refractivity contribution in [2.24, 2.45) is 5.73 Å². The first-order valence-corrected chi connectivity index (χ1v) is 6.64. The summed E-state index contributed by atoms with van der Waals surface area (Å²) in [5.74, 6) is 0.505. The standard InChI is InChI=1S/C14H17N5O2/c1-10-8-13(18-14(17-10)16-7-3-6-15)11-4-2-5-12(9-11)19(20)21/h2,4-5,8-9H,3,6-7,15H2,1H3,(H,16,17,18). The van der Waals surface area contributed by atoms with E-state index in [1.165, 1.54) is 12.1 Å². The van der Waals surface area contributed by atoms with Gasteiger partial charge in [0.1, 0.15) is 0 Å². The number of aryl methyl sites for hydroxylation is 1. The minimum absolute atomic E-state index is 0.0430. The number of nitro groups is 1. The zero-order chi connectivity index (χ0) is 15.2. The maximum absolute atomic E-state index is 10.8. The van der Waals surface area contributed by atoms with E-state index >= 15 is 0 Å². The fraction of sp³-hybridized carbons (Fsp3) is 0.286. The van der Waals surface area contributed by atoms with Gasteiger partial charge < -0.3 is 11.1 Å². The topological polar surface area (TPSA) is 107 Å². The molecule has 0 unspecified atom stereocenters. The number of anilines is 1. The molecule has 0 aliphatic rings. The van der Waals surface area contributed by atoms with Gasteiger partial charge in [-0.1, -0.05) is 12.1 Å². The highest BCUT2D eigenvalue weighted by atomic mass is 16.6. The Kier molecular flexibility index (Phi) is 4.78. The number of benzene rings is 1. The molecule has 1 aromatic heterocycles. The lowest BCUT2D eigenvalue weighted by molar-refractivity contribution is -0.384. The molecule has 7 heteroatoms. The summed E-state index contributed by atoms with van der Waals surface area (Å²) < 4.78 is 0. The number of aromatic nitrogens is 2. The van der Waals surface area contributed by atoms with Crippen LogP contribution in [0.15, 0.2) is 30.3 Å². The molecular weight excluding hydrogens is 270 g/mol. The molecule has 3 N–H and O–H groups in total. The third kappa shape index (κ3) is 3.96. The van der Waals surface area contributed by atoms with Crippen molar-refractivity contribution in [3.8, 4) is 11.3 Å². The molecule has 0 saturated heterocycles. The molecule has 0 aliphatic carbocycles. The van der Waals surface area contributed by atoms with Crippen molar-refractivity contribution in [1.29, 1.82) is 0 Å². The molecule has 1 heterocycles. The van der Waals surface area contributed by atoms with E-state index < -0.39 is 4.92 Å². The SMILES string of the molecule is Cc1cc(-c2cccc([N+](=O)[O-])c2)nc(NCCCN)n1. The first-order valence-electron chi connectivity index (χ1n) is 6.64. The molecule has 2 rings (SSSR count). The number of nitro benzene ring substituents is 1. The van der Waals surface area contributed by atoms with Gasteiger partial charge in [0.2, 0.25) is 5.95 Å². The van der Waals surface area contributed by atoms with Crippen molar-refractivity contribution in [3.63, 3.8) is 0 Å². The van der Waals surface area contributed by atoms with Crippen molar-refractivity contribution >= 4 is 11.6 Å². The molecule has 1 aromatic carbocycles. The largest absolute Gasteiger partial charge is 0.354 e. The zero-order valence-electron chi connectivity index (χ0n) is 11.7.